The van der Waals surface area contributed by atoms with Crippen LogP contribution in [-0.4, -0.2) is 14.7 Å². The normalized spacial score (nSPS) is 11.4. The number of rotatable bonds is 3. The third-order valence-corrected chi connectivity index (χ3v) is 3.90. The molecule has 0 unspecified atom stereocenters. The highest BCUT2D eigenvalue weighted by Gasteiger charge is 2.16. The fourth-order valence-electron chi connectivity index (χ4n) is 1.52. The SMILES string of the molecule is CC(C)(C)Sc1cccc(Nc2cnccn2)c1Cl. The highest BCUT2D eigenvalue weighted by atomic mass is 35.5. The Morgan fingerprint density at radius 1 is 1.21 bits per heavy atom. The summed E-state index contributed by atoms with van der Waals surface area (Å²) in [5.41, 5.74) is 0.844. The average Bonchev–Trinajstić information content (AvgIpc) is 2.34. The van der Waals surface area contributed by atoms with Crippen molar-refractivity contribution in [1.29, 1.82) is 0 Å². The van der Waals surface area contributed by atoms with Crippen molar-refractivity contribution >= 4 is 34.9 Å². The van der Waals surface area contributed by atoms with Crippen LogP contribution in [0, 0.1) is 0 Å². The van der Waals surface area contributed by atoms with Gasteiger partial charge in [-0.2, -0.15) is 0 Å². The molecule has 0 amide bonds. The molecule has 1 N–H and O–H groups in total. The molecule has 19 heavy (non-hydrogen) atoms. The summed E-state index contributed by atoms with van der Waals surface area (Å²) >= 11 is 8.18. The molecule has 0 bridgehead atoms. The smallest absolute Gasteiger partial charge is 0.148 e. The summed E-state index contributed by atoms with van der Waals surface area (Å²) in [5, 5.41) is 3.90. The van der Waals surface area contributed by atoms with Gasteiger partial charge < -0.3 is 5.32 Å². The lowest BCUT2D eigenvalue weighted by Gasteiger charge is -2.19. The van der Waals surface area contributed by atoms with Crippen LogP contribution in [-0.2, 0) is 0 Å². The number of thioether (sulfide) groups is 1. The monoisotopic (exact) mass is 293 g/mol. The van der Waals surface area contributed by atoms with Gasteiger partial charge >= 0.3 is 0 Å². The van der Waals surface area contributed by atoms with E-state index in [2.05, 4.69) is 36.1 Å². The third-order valence-electron chi connectivity index (χ3n) is 2.21. The molecule has 0 aliphatic heterocycles. The van der Waals surface area contributed by atoms with E-state index in [4.69, 9.17) is 11.6 Å². The van der Waals surface area contributed by atoms with E-state index >= 15 is 0 Å². The maximum Gasteiger partial charge on any atom is 0.148 e. The summed E-state index contributed by atoms with van der Waals surface area (Å²) in [6.07, 6.45) is 4.95. The molecule has 0 radical (unpaired) electrons. The maximum absolute atomic E-state index is 6.43. The largest absolute Gasteiger partial charge is 0.338 e. The zero-order valence-electron chi connectivity index (χ0n) is 11.1. The number of nitrogens with one attached hydrogen (secondary N) is 1. The molecule has 2 rings (SSSR count). The van der Waals surface area contributed by atoms with Crippen molar-refractivity contribution in [1.82, 2.24) is 9.97 Å². The van der Waals surface area contributed by atoms with E-state index in [0.29, 0.717) is 10.8 Å². The first-order chi connectivity index (χ1) is 8.96. The van der Waals surface area contributed by atoms with Gasteiger partial charge in [-0.1, -0.05) is 38.4 Å². The van der Waals surface area contributed by atoms with Crippen molar-refractivity contribution in [3.8, 4) is 0 Å². The number of aromatic nitrogens is 2. The van der Waals surface area contributed by atoms with E-state index in [1.807, 2.05) is 18.2 Å². The Labute approximate surface area is 122 Å². The van der Waals surface area contributed by atoms with Gasteiger partial charge in [-0.3, -0.25) is 4.98 Å². The van der Waals surface area contributed by atoms with Crippen LogP contribution in [0.4, 0.5) is 11.5 Å². The van der Waals surface area contributed by atoms with Gasteiger partial charge in [0.25, 0.3) is 0 Å². The molecule has 0 fully saturated rings. The van der Waals surface area contributed by atoms with Gasteiger partial charge in [0.1, 0.15) is 5.82 Å². The highest BCUT2D eigenvalue weighted by Crippen LogP contribution is 2.40. The topological polar surface area (TPSA) is 37.8 Å². The van der Waals surface area contributed by atoms with Crippen molar-refractivity contribution in [2.75, 3.05) is 5.32 Å². The molecular weight excluding hydrogens is 278 g/mol. The quantitative estimate of drug-likeness (QED) is 0.828. The van der Waals surface area contributed by atoms with Gasteiger partial charge in [-0.05, 0) is 12.1 Å². The Morgan fingerprint density at radius 3 is 2.63 bits per heavy atom. The molecule has 0 saturated carbocycles. The van der Waals surface area contributed by atoms with Gasteiger partial charge in [-0.25, -0.2) is 4.98 Å². The summed E-state index contributed by atoms with van der Waals surface area (Å²) < 4.78 is 0.120. The van der Waals surface area contributed by atoms with E-state index in [-0.39, 0.29) is 4.75 Å². The number of hydrogen-bond acceptors (Lipinski definition) is 4. The molecule has 100 valence electrons. The molecule has 0 aliphatic rings. The summed E-state index contributed by atoms with van der Waals surface area (Å²) in [5.74, 6) is 0.683. The molecular formula is C14H16ClN3S. The first-order valence-corrected chi connectivity index (χ1v) is 7.16. The predicted molar refractivity (Wildman–Crippen MR) is 82.4 cm³/mol. The Morgan fingerprint density at radius 2 is 2.00 bits per heavy atom. The lowest BCUT2D eigenvalue weighted by molar-refractivity contribution is 0.803. The van der Waals surface area contributed by atoms with E-state index in [0.717, 1.165) is 10.6 Å². The number of benzene rings is 1. The van der Waals surface area contributed by atoms with Gasteiger partial charge in [0.05, 0.1) is 16.9 Å². The van der Waals surface area contributed by atoms with Crippen molar-refractivity contribution in [2.24, 2.45) is 0 Å². The van der Waals surface area contributed by atoms with E-state index in [1.54, 1.807) is 30.4 Å². The van der Waals surface area contributed by atoms with E-state index in [1.165, 1.54) is 0 Å². The van der Waals surface area contributed by atoms with Crippen LogP contribution in [0.5, 0.6) is 0 Å². The molecule has 5 heteroatoms. The van der Waals surface area contributed by atoms with Gasteiger partial charge in [0.2, 0.25) is 0 Å². The van der Waals surface area contributed by atoms with Crippen molar-refractivity contribution in [3.05, 3.63) is 41.8 Å². The van der Waals surface area contributed by atoms with E-state index < -0.39 is 0 Å². The Kier molecular flexibility index (Phi) is 4.32. The summed E-state index contributed by atoms with van der Waals surface area (Å²) in [7, 11) is 0. The Balaban J connectivity index is 2.25. The van der Waals surface area contributed by atoms with Gasteiger partial charge in [0.15, 0.2) is 0 Å². The van der Waals surface area contributed by atoms with Gasteiger partial charge in [0, 0.05) is 22.0 Å². The number of halogens is 1. The maximum atomic E-state index is 6.43. The zero-order chi connectivity index (χ0) is 13.9. The molecule has 0 atom stereocenters. The molecule has 0 spiro atoms. The molecule has 3 nitrogen and oxygen atoms in total. The fourth-order valence-corrected chi connectivity index (χ4v) is 2.81. The van der Waals surface area contributed by atoms with Crippen LogP contribution in [0.2, 0.25) is 5.02 Å². The third kappa shape index (κ3) is 4.11. The lowest BCUT2D eigenvalue weighted by atomic mass is 10.3. The predicted octanol–water partition coefficient (Wildman–Crippen LogP) is 4.76. The standard InChI is InChI=1S/C14H16ClN3S/c1-14(2,3)19-11-6-4-5-10(13(11)15)18-12-9-16-7-8-17-12/h4-9H,1-3H3,(H,17,18). The lowest BCUT2D eigenvalue weighted by Crippen LogP contribution is -2.07. The second-order valence-electron chi connectivity index (χ2n) is 5.05. The average molecular weight is 294 g/mol. The molecule has 0 aliphatic carbocycles. The second kappa shape index (κ2) is 5.80. The fraction of sp³-hybridized carbons (Fsp3) is 0.286. The van der Waals surface area contributed by atoms with Gasteiger partial charge in [-0.15, -0.1) is 11.8 Å². The summed E-state index contributed by atoms with van der Waals surface area (Å²) in [6, 6.07) is 5.95. The molecule has 2 aromatic rings. The van der Waals surface area contributed by atoms with Crippen molar-refractivity contribution in [3.63, 3.8) is 0 Å². The minimum Gasteiger partial charge on any atom is -0.338 e. The zero-order valence-corrected chi connectivity index (χ0v) is 12.7. The van der Waals surface area contributed by atoms with Crippen molar-refractivity contribution < 1.29 is 0 Å². The number of nitrogens with zero attached hydrogens (tertiary/aromatic N) is 2. The minimum absolute atomic E-state index is 0.120. The van der Waals surface area contributed by atoms with Crippen LogP contribution in [0.3, 0.4) is 0 Å². The van der Waals surface area contributed by atoms with Crippen LogP contribution in [0.25, 0.3) is 0 Å². The molecule has 1 aromatic carbocycles. The molecule has 1 heterocycles. The van der Waals surface area contributed by atoms with Crippen molar-refractivity contribution in [2.45, 2.75) is 30.4 Å². The minimum atomic E-state index is 0.120. The first kappa shape index (κ1) is 14.2. The van der Waals surface area contributed by atoms with Crippen LogP contribution in [0.1, 0.15) is 20.8 Å². The Bertz CT molecular complexity index is 552. The first-order valence-electron chi connectivity index (χ1n) is 5.96. The summed E-state index contributed by atoms with van der Waals surface area (Å²) in [4.78, 5) is 9.26. The molecule has 0 saturated heterocycles. The summed E-state index contributed by atoms with van der Waals surface area (Å²) in [6.45, 7) is 6.49. The van der Waals surface area contributed by atoms with Crippen LogP contribution < -0.4 is 5.32 Å². The van der Waals surface area contributed by atoms with E-state index in [9.17, 15) is 0 Å². The Hall–Kier alpha value is -1.26. The second-order valence-corrected chi connectivity index (χ2v) is 7.29. The van der Waals surface area contributed by atoms with Crippen LogP contribution >= 0.6 is 23.4 Å². The number of hydrogen-bond donors (Lipinski definition) is 1. The van der Waals surface area contributed by atoms with Crippen LogP contribution in [0.15, 0.2) is 41.7 Å². The molecule has 1 aromatic heterocycles. The number of anilines is 2. The highest BCUT2D eigenvalue weighted by molar-refractivity contribution is 8.00.